The van der Waals surface area contributed by atoms with E-state index >= 15 is 0 Å². The number of likely N-dealkylation sites (N-methyl/N-ethyl adjacent to an activating group) is 1. The summed E-state index contributed by atoms with van der Waals surface area (Å²) < 4.78 is 0. The maximum absolute atomic E-state index is 12.6. The first kappa shape index (κ1) is 17.2. The van der Waals surface area contributed by atoms with Crippen LogP contribution in [0.3, 0.4) is 0 Å². The quantitative estimate of drug-likeness (QED) is 0.831. The summed E-state index contributed by atoms with van der Waals surface area (Å²) in [6.07, 6.45) is 0. The zero-order valence-corrected chi connectivity index (χ0v) is 14.5. The summed E-state index contributed by atoms with van der Waals surface area (Å²) in [5, 5.41) is 0. The first-order chi connectivity index (χ1) is 10.8. The molecule has 1 aromatic heterocycles. The molecule has 0 aliphatic carbocycles. The van der Waals surface area contributed by atoms with Gasteiger partial charge in [0.05, 0.1) is 12.2 Å². The minimum absolute atomic E-state index is 0.00850. The molecule has 0 aliphatic rings. The molecule has 4 heteroatoms. The van der Waals surface area contributed by atoms with Gasteiger partial charge in [0.1, 0.15) is 0 Å². The molecule has 1 N–H and O–H groups in total. The monoisotopic (exact) mass is 312 g/mol. The number of nitrogens with zero attached hydrogens (tertiary/aromatic N) is 1. The Kier molecular flexibility index (Phi) is 5.16. The predicted molar refractivity (Wildman–Crippen MR) is 92.1 cm³/mol. The van der Waals surface area contributed by atoms with Gasteiger partial charge in [-0.05, 0) is 51.4 Å². The topological polar surface area (TPSA) is 53.2 Å². The molecule has 0 spiro atoms. The molecular formula is C19H24N2O2. The Morgan fingerprint density at radius 2 is 1.78 bits per heavy atom. The molecule has 0 unspecified atom stereocenters. The molecule has 1 heterocycles. The fourth-order valence-corrected chi connectivity index (χ4v) is 3.02. The number of H-pyrrole nitrogens is 1. The number of aryl methyl sites for hydroxylation is 2. The van der Waals surface area contributed by atoms with E-state index in [2.05, 4.69) is 24.0 Å². The number of carbonyl (C=O) groups is 2. The van der Waals surface area contributed by atoms with Crippen LogP contribution in [-0.2, 0) is 6.54 Å². The minimum Gasteiger partial charge on any atom is -0.355 e. The molecule has 4 nitrogen and oxygen atoms in total. The molecule has 0 amide bonds. The van der Waals surface area contributed by atoms with Gasteiger partial charge in [-0.1, -0.05) is 24.3 Å². The molecule has 2 aromatic rings. The van der Waals surface area contributed by atoms with E-state index in [4.69, 9.17) is 0 Å². The molecule has 1 aromatic carbocycles. The summed E-state index contributed by atoms with van der Waals surface area (Å²) in [6, 6.07) is 8.17. The molecule has 0 aliphatic heterocycles. The van der Waals surface area contributed by atoms with Crippen molar-refractivity contribution in [1.29, 1.82) is 0 Å². The van der Waals surface area contributed by atoms with Crippen LogP contribution in [0.25, 0.3) is 0 Å². The first-order valence-electron chi connectivity index (χ1n) is 7.77. The van der Waals surface area contributed by atoms with Crippen molar-refractivity contribution in [3.8, 4) is 0 Å². The number of ketones is 2. The average Bonchev–Trinajstić information content (AvgIpc) is 2.76. The molecule has 0 saturated carbocycles. The van der Waals surface area contributed by atoms with Crippen LogP contribution < -0.4 is 0 Å². The second-order valence-corrected chi connectivity index (χ2v) is 6.20. The summed E-state index contributed by atoms with van der Waals surface area (Å²) in [4.78, 5) is 29.3. The summed E-state index contributed by atoms with van der Waals surface area (Å²) in [6.45, 7) is 8.29. The molecule has 0 saturated heterocycles. The number of rotatable bonds is 6. The van der Waals surface area contributed by atoms with Crippen LogP contribution in [0.2, 0.25) is 0 Å². The highest BCUT2D eigenvalue weighted by Crippen LogP contribution is 2.19. The molecular weight excluding hydrogens is 288 g/mol. The van der Waals surface area contributed by atoms with Crippen LogP contribution >= 0.6 is 0 Å². The second kappa shape index (κ2) is 6.92. The summed E-state index contributed by atoms with van der Waals surface area (Å²) in [5.41, 5.74) is 5.13. The Hall–Kier alpha value is -2.20. The number of hydrogen-bond donors (Lipinski definition) is 1. The predicted octanol–water partition coefficient (Wildman–Crippen LogP) is 3.46. The van der Waals surface area contributed by atoms with Gasteiger partial charge in [0.25, 0.3) is 0 Å². The third-order valence-electron chi connectivity index (χ3n) is 4.18. The number of aromatic amines is 1. The van der Waals surface area contributed by atoms with E-state index in [9.17, 15) is 9.59 Å². The molecule has 2 rings (SSSR count). The van der Waals surface area contributed by atoms with Crippen LogP contribution in [0.5, 0.6) is 0 Å². The van der Waals surface area contributed by atoms with E-state index in [0.29, 0.717) is 17.8 Å². The van der Waals surface area contributed by atoms with E-state index in [1.54, 1.807) is 0 Å². The van der Waals surface area contributed by atoms with Crippen molar-refractivity contribution in [2.75, 3.05) is 13.6 Å². The lowest BCUT2D eigenvalue weighted by Gasteiger charge is -2.17. The summed E-state index contributed by atoms with van der Waals surface area (Å²) >= 11 is 0. The highest BCUT2D eigenvalue weighted by Gasteiger charge is 2.20. The molecule has 122 valence electrons. The lowest BCUT2D eigenvalue weighted by Crippen LogP contribution is -2.26. The van der Waals surface area contributed by atoms with E-state index in [1.807, 2.05) is 37.9 Å². The van der Waals surface area contributed by atoms with Crippen molar-refractivity contribution in [1.82, 2.24) is 9.88 Å². The number of hydrogen-bond acceptors (Lipinski definition) is 3. The van der Waals surface area contributed by atoms with E-state index in [-0.39, 0.29) is 11.6 Å². The van der Waals surface area contributed by atoms with Crippen LogP contribution in [0.15, 0.2) is 24.3 Å². The van der Waals surface area contributed by atoms with Crippen molar-refractivity contribution in [2.45, 2.75) is 34.2 Å². The lowest BCUT2D eigenvalue weighted by atomic mass is 10.0. The molecule has 0 fully saturated rings. The second-order valence-electron chi connectivity index (χ2n) is 6.20. The van der Waals surface area contributed by atoms with Crippen molar-refractivity contribution in [2.24, 2.45) is 0 Å². The largest absolute Gasteiger partial charge is 0.355 e. The zero-order chi connectivity index (χ0) is 17.1. The third-order valence-corrected chi connectivity index (χ3v) is 4.18. The highest BCUT2D eigenvalue weighted by atomic mass is 16.1. The van der Waals surface area contributed by atoms with Crippen molar-refractivity contribution < 1.29 is 9.59 Å². The first-order valence-corrected chi connectivity index (χ1v) is 7.77. The van der Waals surface area contributed by atoms with Crippen LogP contribution in [0.1, 0.15) is 50.2 Å². The van der Waals surface area contributed by atoms with Crippen LogP contribution in [-0.4, -0.2) is 35.0 Å². The minimum atomic E-state index is -0.0106. The number of nitrogens with one attached hydrogen (secondary N) is 1. The van der Waals surface area contributed by atoms with E-state index in [1.165, 1.54) is 18.1 Å². The number of Topliss-reactive ketones (excluding diaryl/α,β-unsaturated/α-hetero) is 2. The van der Waals surface area contributed by atoms with E-state index in [0.717, 1.165) is 17.8 Å². The highest BCUT2D eigenvalue weighted by molar-refractivity contribution is 6.03. The molecule has 23 heavy (non-hydrogen) atoms. The van der Waals surface area contributed by atoms with Gasteiger partial charge in [-0.3, -0.25) is 14.5 Å². The standard InChI is InChI=1S/C19H24N2O2/c1-12-8-6-7-9-16(12)10-21(5)11-17(23)19-13(2)18(15(4)22)14(3)20-19/h6-9,20H,10-11H2,1-5H3. The van der Waals surface area contributed by atoms with Crippen molar-refractivity contribution in [3.05, 3.63) is 57.9 Å². The van der Waals surface area contributed by atoms with Gasteiger partial charge in [0.2, 0.25) is 0 Å². The van der Waals surface area contributed by atoms with Gasteiger partial charge in [-0.2, -0.15) is 0 Å². The van der Waals surface area contributed by atoms with E-state index < -0.39 is 0 Å². The molecule has 0 bridgehead atoms. The Labute approximate surface area is 137 Å². The smallest absolute Gasteiger partial charge is 0.193 e. The van der Waals surface area contributed by atoms with Gasteiger partial charge in [0.15, 0.2) is 11.6 Å². The lowest BCUT2D eigenvalue weighted by molar-refractivity contribution is 0.0937. The normalized spacial score (nSPS) is 11.0. The summed E-state index contributed by atoms with van der Waals surface area (Å²) in [5.74, 6) is -0.00208. The maximum Gasteiger partial charge on any atom is 0.193 e. The van der Waals surface area contributed by atoms with Crippen molar-refractivity contribution >= 4 is 11.6 Å². The Balaban J connectivity index is 2.12. The SMILES string of the molecule is CC(=O)c1c(C)[nH]c(C(=O)CN(C)Cc2ccccc2C)c1C. The average molecular weight is 312 g/mol. The molecule has 0 atom stereocenters. The Morgan fingerprint density at radius 3 is 2.35 bits per heavy atom. The number of carbonyl (C=O) groups excluding carboxylic acids is 2. The zero-order valence-electron chi connectivity index (χ0n) is 14.5. The van der Waals surface area contributed by atoms with Gasteiger partial charge in [-0.15, -0.1) is 0 Å². The summed E-state index contributed by atoms with van der Waals surface area (Å²) in [7, 11) is 1.93. The van der Waals surface area contributed by atoms with Crippen LogP contribution in [0, 0.1) is 20.8 Å². The Bertz CT molecular complexity index is 744. The maximum atomic E-state index is 12.6. The third kappa shape index (κ3) is 3.77. The van der Waals surface area contributed by atoms with Gasteiger partial charge in [-0.25, -0.2) is 0 Å². The fraction of sp³-hybridized carbons (Fsp3) is 0.368. The van der Waals surface area contributed by atoms with Crippen LogP contribution in [0.4, 0.5) is 0 Å². The van der Waals surface area contributed by atoms with Gasteiger partial charge < -0.3 is 4.98 Å². The van der Waals surface area contributed by atoms with Crippen molar-refractivity contribution in [3.63, 3.8) is 0 Å². The van der Waals surface area contributed by atoms with Gasteiger partial charge >= 0.3 is 0 Å². The number of aromatic nitrogens is 1. The fourth-order valence-electron chi connectivity index (χ4n) is 3.02. The number of benzene rings is 1. The Morgan fingerprint density at radius 1 is 1.13 bits per heavy atom. The molecule has 0 radical (unpaired) electrons. The van der Waals surface area contributed by atoms with Gasteiger partial charge in [0, 0.05) is 17.8 Å².